The molecule has 0 heterocycles. The van der Waals surface area contributed by atoms with Crippen LogP contribution in [-0.2, 0) is 14.9 Å². The molecule has 13 unspecified atom stereocenters. The van der Waals surface area contributed by atoms with Gasteiger partial charge in [0.15, 0.2) is 0 Å². The van der Waals surface area contributed by atoms with Gasteiger partial charge in [0.25, 0.3) is 10.1 Å². The van der Waals surface area contributed by atoms with Crippen LogP contribution in [0.5, 0.6) is 0 Å². The van der Waals surface area contributed by atoms with Crippen LogP contribution in [0.15, 0.2) is 0 Å². The van der Waals surface area contributed by atoms with Crippen molar-refractivity contribution in [3.8, 4) is 0 Å². The van der Waals surface area contributed by atoms with Gasteiger partial charge in [0.2, 0.25) is 5.91 Å². The molecule has 1 amide bonds. The van der Waals surface area contributed by atoms with Crippen LogP contribution in [0.4, 0.5) is 0 Å². The van der Waals surface area contributed by atoms with Gasteiger partial charge < -0.3 is 25.7 Å². The van der Waals surface area contributed by atoms with Crippen LogP contribution in [0, 0.1) is 52.3 Å². The van der Waals surface area contributed by atoms with Gasteiger partial charge in [-0.15, -0.1) is 0 Å². The van der Waals surface area contributed by atoms with Crippen molar-refractivity contribution >= 4 is 16.0 Å². The molecule has 0 aliphatic heterocycles. The number of aliphatic hydroxyl groups excluding tert-OH is 4. The van der Waals surface area contributed by atoms with E-state index in [1.54, 1.807) is 0 Å². The third kappa shape index (κ3) is 5.67. The van der Waals surface area contributed by atoms with Gasteiger partial charge in [0, 0.05) is 6.42 Å². The molecule has 4 fully saturated rings. The van der Waals surface area contributed by atoms with Crippen LogP contribution >= 0.6 is 0 Å². The quantitative estimate of drug-likeness (QED) is 0.229. The van der Waals surface area contributed by atoms with Crippen LogP contribution in [0.3, 0.4) is 0 Å². The van der Waals surface area contributed by atoms with Gasteiger partial charge in [0.1, 0.15) is 0 Å². The summed E-state index contributed by atoms with van der Waals surface area (Å²) in [7, 11) is -4.32. The van der Waals surface area contributed by atoms with Gasteiger partial charge in [-0.25, -0.2) is 0 Å². The van der Waals surface area contributed by atoms with E-state index in [1.807, 2.05) is 0 Å². The Balaban J connectivity index is 1.48. The van der Waals surface area contributed by atoms with Crippen LogP contribution in [-0.4, -0.2) is 76.0 Å². The topological polar surface area (TPSA) is 164 Å². The molecule has 0 aromatic rings. The predicted octanol–water partition coefficient (Wildman–Crippen LogP) is 2.37. The Morgan fingerprint density at radius 1 is 1.05 bits per heavy atom. The molecule has 4 aliphatic rings. The molecule has 39 heavy (non-hydrogen) atoms. The monoisotopic (exact) mass is 573 g/mol. The Morgan fingerprint density at radius 2 is 1.74 bits per heavy atom. The fraction of sp³-hybridized carbons (Fsp3) is 0.966. The van der Waals surface area contributed by atoms with Crippen molar-refractivity contribution in [2.45, 2.75) is 110 Å². The maximum Gasteiger partial charge on any atom is 0.266 e. The van der Waals surface area contributed by atoms with E-state index in [4.69, 9.17) is 4.55 Å². The second-order valence-electron chi connectivity index (χ2n) is 13.9. The predicted molar refractivity (Wildman–Crippen MR) is 147 cm³/mol. The summed E-state index contributed by atoms with van der Waals surface area (Å²) in [6.45, 7) is 8.21. The average molecular weight is 574 g/mol. The van der Waals surface area contributed by atoms with E-state index < -0.39 is 40.7 Å². The van der Waals surface area contributed by atoms with Crippen LogP contribution in [0.25, 0.3) is 0 Å². The van der Waals surface area contributed by atoms with E-state index in [2.05, 4.69) is 33.0 Å². The van der Waals surface area contributed by atoms with Gasteiger partial charge in [-0.1, -0.05) is 34.1 Å². The summed E-state index contributed by atoms with van der Waals surface area (Å²) in [6.07, 6.45) is 5.30. The lowest BCUT2D eigenvalue weighted by Gasteiger charge is -2.65. The van der Waals surface area contributed by atoms with Crippen molar-refractivity contribution in [2.24, 2.45) is 52.3 Å². The largest absolute Gasteiger partial charge is 0.394 e. The smallest absolute Gasteiger partial charge is 0.266 e. The highest BCUT2D eigenvalue weighted by Gasteiger charge is 2.67. The summed E-state index contributed by atoms with van der Waals surface area (Å²) in [6, 6.07) is -1.06. The molecule has 4 rings (SSSR count). The number of aliphatic hydroxyl groups is 4. The number of rotatable bonds is 9. The van der Waals surface area contributed by atoms with Crippen molar-refractivity contribution in [1.82, 2.24) is 5.32 Å². The third-order valence-electron chi connectivity index (χ3n) is 12.1. The minimum Gasteiger partial charge on any atom is -0.394 e. The molecular weight excluding hydrogens is 522 g/mol. The summed E-state index contributed by atoms with van der Waals surface area (Å²) < 4.78 is 31.3. The number of amides is 1. The van der Waals surface area contributed by atoms with Crippen molar-refractivity contribution in [3.63, 3.8) is 0 Å². The molecule has 10 heteroatoms. The zero-order valence-electron chi connectivity index (χ0n) is 24.0. The maximum atomic E-state index is 12.5. The maximum absolute atomic E-state index is 12.5. The molecule has 0 aromatic heterocycles. The zero-order valence-corrected chi connectivity index (χ0v) is 24.8. The van der Waals surface area contributed by atoms with E-state index in [0.29, 0.717) is 12.8 Å². The van der Waals surface area contributed by atoms with Crippen molar-refractivity contribution in [3.05, 3.63) is 0 Å². The van der Waals surface area contributed by atoms with Crippen molar-refractivity contribution < 1.29 is 38.2 Å². The Labute approximate surface area is 233 Å². The molecule has 4 saturated carbocycles. The van der Waals surface area contributed by atoms with Gasteiger partial charge in [-0.3, -0.25) is 9.35 Å². The number of hydrogen-bond acceptors (Lipinski definition) is 7. The molecular formula is C29H51NO8S. The summed E-state index contributed by atoms with van der Waals surface area (Å²) in [5.74, 6) is 0.137. The van der Waals surface area contributed by atoms with Crippen molar-refractivity contribution in [1.29, 1.82) is 0 Å². The minimum atomic E-state index is -4.32. The van der Waals surface area contributed by atoms with Gasteiger partial charge in [-0.2, -0.15) is 8.42 Å². The first-order valence-corrected chi connectivity index (χ1v) is 16.7. The lowest BCUT2D eigenvalue weighted by atomic mass is 9.41. The first-order chi connectivity index (χ1) is 18.2. The molecule has 0 saturated heterocycles. The highest BCUT2D eigenvalue weighted by molar-refractivity contribution is 7.85. The van der Waals surface area contributed by atoms with E-state index >= 15 is 0 Å². The number of fused-ring (bicyclic) bond motifs is 5. The highest BCUT2D eigenvalue weighted by atomic mass is 32.2. The normalized spacial score (nSPS) is 45.5. The number of carbonyl (C=O) groups excluding carboxylic acids is 1. The van der Waals surface area contributed by atoms with E-state index in [9.17, 15) is 33.6 Å². The molecule has 4 aliphatic carbocycles. The molecule has 0 spiro atoms. The van der Waals surface area contributed by atoms with Gasteiger partial charge in [-0.05, 0) is 97.2 Å². The second-order valence-corrected chi connectivity index (χ2v) is 15.4. The molecule has 0 aromatic carbocycles. The molecule has 6 N–H and O–H groups in total. The summed E-state index contributed by atoms with van der Waals surface area (Å²) in [4.78, 5) is 12.5. The molecule has 0 radical (unpaired) electrons. The number of nitrogens with one attached hydrogen (secondary N) is 1. The summed E-state index contributed by atoms with van der Waals surface area (Å²) in [5.41, 5.74) is -0.370. The molecule has 13 atom stereocenters. The Morgan fingerprint density at radius 3 is 2.36 bits per heavy atom. The Kier molecular flexibility index (Phi) is 9.17. The first-order valence-electron chi connectivity index (χ1n) is 15.1. The fourth-order valence-electron chi connectivity index (χ4n) is 10.1. The lowest BCUT2D eigenvalue weighted by Crippen LogP contribution is -2.65. The average Bonchev–Trinajstić information content (AvgIpc) is 3.22. The Bertz CT molecular complexity index is 992. The van der Waals surface area contributed by atoms with E-state index in [1.165, 1.54) is 0 Å². The van der Waals surface area contributed by atoms with Gasteiger partial charge >= 0.3 is 0 Å². The molecule has 226 valence electrons. The minimum absolute atomic E-state index is 0.000793. The third-order valence-corrected chi connectivity index (χ3v) is 12.9. The number of hydrogen-bond donors (Lipinski definition) is 6. The molecule has 0 bridgehead atoms. The summed E-state index contributed by atoms with van der Waals surface area (Å²) >= 11 is 0. The highest BCUT2D eigenvalue weighted by Crippen LogP contribution is 2.69. The van der Waals surface area contributed by atoms with Crippen molar-refractivity contribution in [2.75, 3.05) is 12.4 Å². The first kappa shape index (κ1) is 31.2. The molecule has 9 nitrogen and oxygen atoms in total. The zero-order chi connectivity index (χ0) is 28.9. The van der Waals surface area contributed by atoms with Gasteiger partial charge in [0.05, 0.1) is 36.7 Å². The standard InChI is InChI=1S/C29H51NO8S/c1-5-19-22-12-18(32)10-11-28(22,3)23-13-24(33)29(4)20(7-8-21(29)26(23)27(19)35)16(2)6-9-25(34)30-17(14-31)15-39(36,37)38/h16-24,26-27,31-33,35H,5-15H2,1-4H3,(H,30,34)(H,36,37,38). The fourth-order valence-corrected chi connectivity index (χ4v) is 10.8. The van der Waals surface area contributed by atoms with Crippen LogP contribution in [0.2, 0.25) is 0 Å². The van der Waals surface area contributed by atoms with Crippen LogP contribution in [0.1, 0.15) is 85.5 Å². The SMILES string of the molecule is CCC1C(O)C2C(CC(O)C3(C)C(C(C)CCC(=O)NC(CO)CS(=O)(=O)O)CCC23)C2(C)CCC(O)CC12. The van der Waals surface area contributed by atoms with E-state index in [0.717, 1.165) is 38.5 Å². The Hall–Kier alpha value is -0.780. The van der Waals surface area contributed by atoms with E-state index in [-0.39, 0.29) is 70.7 Å². The number of carbonyl (C=O) groups is 1. The lowest BCUT2D eigenvalue weighted by molar-refractivity contribution is -0.228. The summed E-state index contributed by atoms with van der Waals surface area (Å²) in [5, 5.41) is 46.0. The second kappa shape index (κ2) is 11.5. The van der Waals surface area contributed by atoms with Crippen LogP contribution < -0.4 is 5.32 Å².